The first-order valence-corrected chi connectivity index (χ1v) is 12.2. The first-order chi connectivity index (χ1) is 15.5. The van der Waals surface area contributed by atoms with Crippen LogP contribution >= 0.6 is 0 Å². The van der Waals surface area contributed by atoms with Gasteiger partial charge in [0.2, 0.25) is 0 Å². The van der Waals surface area contributed by atoms with Crippen molar-refractivity contribution in [3.63, 3.8) is 0 Å². The number of hydrogen-bond donors (Lipinski definition) is 0. The number of allylic oxidation sites excluding steroid dienone is 2. The molecule has 4 rings (SSSR count). The van der Waals surface area contributed by atoms with Gasteiger partial charge in [0, 0.05) is 16.7 Å². The van der Waals surface area contributed by atoms with Gasteiger partial charge in [-0.25, -0.2) is 8.78 Å². The molecule has 0 aromatic heterocycles. The highest BCUT2D eigenvalue weighted by Crippen LogP contribution is 2.48. The van der Waals surface area contributed by atoms with E-state index in [1.165, 1.54) is 76.0 Å². The normalized spacial score (nSPS) is 25.2. The molecule has 168 valence electrons. The second kappa shape index (κ2) is 10.5. The van der Waals surface area contributed by atoms with Crippen molar-refractivity contribution >= 4 is 0 Å². The fraction of sp³-hybridized carbons (Fsp3) is 0.467. The fourth-order valence-corrected chi connectivity index (χ4v) is 5.75. The van der Waals surface area contributed by atoms with E-state index in [1.54, 1.807) is 0 Å². The van der Waals surface area contributed by atoms with Crippen molar-refractivity contribution in [3.8, 4) is 11.8 Å². The summed E-state index contributed by atoms with van der Waals surface area (Å²) < 4.78 is 27.4. The largest absolute Gasteiger partial charge is 0.207 e. The quantitative estimate of drug-likeness (QED) is 0.336. The molecule has 0 saturated heterocycles. The van der Waals surface area contributed by atoms with Gasteiger partial charge >= 0.3 is 0 Å². The highest BCUT2D eigenvalue weighted by Gasteiger charge is 2.35. The molecule has 0 bridgehead atoms. The van der Waals surface area contributed by atoms with Crippen molar-refractivity contribution in [2.75, 3.05) is 0 Å². The summed E-state index contributed by atoms with van der Waals surface area (Å²) in [5.41, 5.74) is 2.70. The number of hydrogen-bond acceptors (Lipinski definition) is 0. The van der Waals surface area contributed by atoms with Crippen molar-refractivity contribution < 1.29 is 8.78 Å². The van der Waals surface area contributed by atoms with Crippen molar-refractivity contribution in [1.82, 2.24) is 0 Å². The van der Waals surface area contributed by atoms with Crippen molar-refractivity contribution in [1.29, 1.82) is 0 Å². The molecule has 2 aliphatic rings. The van der Waals surface area contributed by atoms with E-state index < -0.39 is 11.6 Å². The van der Waals surface area contributed by atoms with E-state index in [2.05, 4.69) is 43.0 Å². The molecule has 0 spiro atoms. The van der Waals surface area contributed by atoms with E-state index in [1.807, 2.05) is 12.1 Å². The Morgan fingerprint density at radius 1 is 0.875 bits per heavy atom. The van der Waals surface area contributed by atoms with Crippen LogP contribution in [0.1, 0.15) is 86.5 Å². The van der Waals surface area contributed by atoms with Gasteiger partial charge in [-0.2, -0.15) is 0 Å². The standard InChI is InChI=1S/C30H34F2/c1-3-4-5-6-23-11-14-28-20-27(16-15-26(28)17-23)25-12-9-22(10-13-25)7-8-24-18-29(31)21(2)30(32)19-24/h3-4,9-10,12-13,18-19,23,26-28H,5-6,11,14-17,20H2,1-2H3/b4-3+. The molecule has 4 unspecified atom stereocenters. The second-order valence-corrected chi connectivity index (χ2v) is 9.79. The molecule has 0 aliphatic heterocycles. The molecule has 2 aromatic rings. The van der Waals surface area contributed by atoms with Crippen LogP contribution in [0.2, 0.25) is 0 Å². The summed E-state index contributed by atoms with van der Waals surface area (Å²) in [5, 5.41) is 0. The number of rotatable bonds is 4. The second-order valence-electron chi connectivity index (χ2n) is 9.79. The third-order valence-electron chi connectivity index (χ3n) is 7.71. The molecule has 0 amide bonds. The smallest absolute Gasteiger partial charge is 0.130 e. The van der Waals surface area contributed by atoms with Gasteiger partial charge in [-0.3, -0.25) is 0 Å². The van der Waals surface area contributed by atoms with Crippen LogP contribution in [-0.4, -0.2) is 0 Å². The summed E-state index contributed by atoms with van der Waals surface area (Å²) in [6.07, 6.45) is 15.3. The fourth-order valence-electron chi connectivity index (χ4n) is 5.75. The highest BCUT2D eigenvalue weighted by molar-refractivity contribution is 5.45. The van der Waals surface area contributed by atoms with Crippen LogP contribution in [0.3, 0.4) is 0 Å². The van der Waals surface area contributed by atoms with Crippen molar-refractivity contribution in [2.45, 2.75) is 71.1 Å². The molecule has 2 fully saturated rings. The topological polar surface area (TPSA) is 0 Å². The van der Waals surface area contributed by atoms with E-state index in [0.717, 1.165) is 23.3 Å². The minimum Gasteiger partial charge on any atom is -0.207 e. The van der Waals surface area contributed by atoms with Crippen LogP contribution < -0.4 is 0 Å². The third-order valence-corrected chi connectivity index (χ3v) is 7.71. The zero-order chi connectivity index (χ0) is 22.5. The molecule has 2 aliphatic carbocycles. The van der Waals surface area contributed by atoms with Crippen LogP contribution in [-0.2, 0) is 0 Å². The van der Waals surface area contributed by atoms with Gasteiger partial charge in [-0.05, 0) is 112 Å². The maximum atomic E-state index is 13.7. The summed E-state index contributed by atoms with van der Waals surface area (Å²) in [7, 11) is 0. The maximum absolute atomic E-state index is 13.7. The Balaban J connectivity index is 1.35. The third kappa shape index (κ3) is 5.50. The Hall–Kier alpha value is -2.40. The van der Waals surface area contributed by atoms with Crippen LogP contribution in [0.25, 0.3) is 0 Å². The Kier molecular flexibility index (Phi) is 7.46. The zero-order valence-corrected chi connectivity index (χ0v) is 19.3. The van der Waals surface area contributed by atoms with Gasteiger partial charge in [0.25, 0.3) is 0 Å². The molecule has 2 saturated carbocycles. The minimum atomic E-state index is -0.549. The lowest BCUT2D eigenvalue weighted by Gasteiger charge is -2.42. The average molecular weight is 433 g/mol. The molecule has 4 atom stereocenters. The Bertz CT molecular complexity index is 982. The summed E-state index contributed by atoms with van der Waals surface area (Å²) in [5.74, 6) is 8.24. The molecule has 32 heavy (non-hydrogen) atoms. The number of halogens is 2. The first kappa shape index (κ1) is 22.8. The van der Waals surface area contributed by atoms with Gasteiger partial charge in [0.05, 0.1) is 0 Å². The van der Waals surface area contributed by atoms with E-state index in [-0.39, 0.29) is 5.56 Å². The van der Waals surface area contributed by atoms with Gasteiger partial charge in [0.1, 0.15) is 11.6 Å². The predicted octanol–water partition coefficient (Wildman–Crippen LogP) is 8.33. The lowest BCUT2D eigenvalue weighted by molar-refractivity contribution is 0.115. The molecular formula is C30H34F2. The molecule has 2 aromatic carbocycles. The van der Waals surface area contributed by atoms with Gasteiger partial charge in [-0.1, -0.05) is 42.5 Å². The van der Waals surface area contributed by atoms with Gasteiger partial charge < -0.3 is 0 Å². The molecule has 0 heterocycles. The lowest BCUT2D eigenvalue weighted by Crippen LogP contribution is -2.30. The van der Waals surface area contributed by atoms with E-state index in [4.69, 9.17) is 0 Å². The van der Waals surface area contributed by atoms with Crippen LogP contribution in [0.15, 0.2) is 48.6 Å². The molecule has 0 radical (unpaired) electrons. The summed E-state index contributed by atoms with van der Waals surface area (Å²) >= 11 is 0. The number of benzene rings is 2. The van der Waals surface area contributed by atoms with E-state index in [0.29, 0.717) is 11.5 Å². The van der Waals surface area contributed by atoms with Crippen LogP contribution in [0.4, 0.5) is 8.78 Å². The van der Waals surface area contributed by atoms with Crippen molar-refractivity contribution in [2.24, 2.45) is 17.8 Å². The summed E-state index contributed by atoms with van der Waals surface area (Å²) in [6.45, 7) is 3.55. The predicted molar refractivity (Wildman–Crippen MR) is 128 cm³/mol. The SMILES string of the molecule is C/C=C/CCC1CCC2CC(c3ccc(C#Cc4cc(F)c(C)c(F)c4)cc3)CCC2C1. The maximum Gasteiger partial charge on any atom is 0.130 e. The summed E-state index contributed by atoms with van der Waals surface area (Å²) in [6, 6.07) is 11.1. The molecular weight excluding hydrogens is 398 g/mol. The van der Waals surface area contributed by atoms with E-state index >= 15 is 0 Å². The lowest BCUT2D eigenvalue weighted by atomic mass is 9.63. The average Bonchev–Trinajstić information content (AvgIpc) is 2.81. The number of fused-ring (bicyclic) bond motifs is 1. The van der Waals surface area contributed by atoms with Crippen LogP contribution in [0, 0.1) is 48.2 Å². The Morgan fingerprint density at radius 3 is 2.25 bits per heavy atom. The molecule has 0 nitrogen and oxygen atoms in total. The highest BCUT2D eigenvalue weighted by atomic mass is 19.1. The van der Waals surface area contributed by atoms with Crippen molar-refractivity contribution in [3.05, 3.63) is 82.4 Å². The molecule has 2 heteroatoms. The minimum absolute atomic E-state index is 0.0387. The van der Waals surface area contributed by atoms with Crippen LogP contribution in [0.5, 0.6) is 0 Å². The monoisotopic (exact) mass is 432 g/mol. The molecule has 0 N–H and O–H groups in total. The van der Waals surface area contributed by atoms with Gasteiger partial charge in [-0.15, -0.1) is 0 Å². The van der Waals surface area contributed by atoms with Gasteiger partial charge in [0.15, 0.2) is 0 Å². The van der Waals surface area contributed by atoms with E-state index in [9.17, 15) is 8.78 Å². The Morgan fingerprint density at radius 2 is 1.53 bits per heavy atom. The zero-order valence-electron chi connectivity index (χ0n) is 19.3. The Labute approximate surface area is 192 Å². The first-order valence-electron chi connectivity index (χ1n) is 12.2. The summed E-state index contributed by atoms with van der Waals surface area (Å²) in [4.78, 5) is 0.